The summed E-state index contributed by atoms with van der Waals surface area (Å²) in [5, 5.41) is 28.5. The Kier molecular flexibility index (Phi) is 42.6. The van der Waals surface area contributed by atoms with Crippen LogP contribution in [0.5, 0.6) is 0 Å². The Bertz CT molecular complexity index is 1140. The molecule has 0 rings (SSSR count). The summed E-state index contributed by atoms with van der Waals surface area (Å²) in [6.45, 7) is 2.75. The van der Waals surface area contributed by atoms with Gasteiger partial charge in [0.25, 0.3) is 0 Å². The molecule has 3 atom stereocenters. The number of unbranched alkanes of at least 4 members (excludes halogenated alkanes) is 16. The maximum atomic E-state index is 11.5. The largest absolute Gasteiger partial charge is 0.469 e. The first kappa shape index (κ1) is 58.6. The van der Waals surface area contributed by atoms with Crippen LogP contribution >= 0.6 is 15.6 Å². The number of carbonyl (C=O) groups is 1. The van der Waals surface area contributed by atoms with E-state index in [9.17, 15) is 29.2 Å². The SMILES string of the molecule is CCCCC/C=C\C/C=C\C/C=C\C/C=C\CCC[C@@H](O)OC[C@@H](O)COP(=O)(O)O.CCCCCCCCCCCCCCCC(=O)OC[C@@H](O)COP(=O)(O)O. The molecule has 0 saturated carbocycles. The summed E-state index contributed by atoms with van der Waals surface area (Å²) >= 11 is 0. The number of phosphoric ester groups is 2. The molecule has 0 spiro atoms. The van der Waals surface area contributed by atoms with Crippen molar-refractivity contribution in [3.05, 3.63) is 48.6 Å². The molecule has 0 unspecified atom stereocenters. The van der Waals surface area contributed by atoms with E-state index >= 15 is 0 Å². The van der Waals surface area contributed by atoms with Crippen LogP contribution in [0.2, 0.25) is 0 Å². The number of esters is 1. The zero-order chi connectivity index (χ0) is 43.6. The third kappa shape index (κ3) is 52.5. The van der Waals surface area contributed by atoms with Gasteiger partial charge in [0.05, 0.1) is 19.8 Å². The predicted molar refractivity (Wildman–Crippen MR) is 230 cm³/mol. The molecule has 0 aliphatic carbocycles. The minimum Gasteiger partial charge on any atom is -0.463 e. The number of hydrogen-bond donors (Lipinski definition) is 7. The van der Waals surface area contributed by atoms with Gasteiger partial charge in [-0.05, 0) is 57.8 Å². The van der Waals surface area contributed by atoms with Gasteiger partial charge in [-0.25, -0.2) is 9.13 Å². The Morgan fingerprint density at radius 1 is 0.500 bits per heavy atom. The van der Waals surface area contributed by atoms with E-state index in [2.05, 4.69) is 71.5 Å². The third-order valence-corrected chi connectivity index (χ3v) is 9.52. The van der Waals surface area contributed by atoms with E-state index < -0.39 is 53.3 Å². The van der Waals surface area contributed by atoms with Gasteiger partial charge in [0.2, 0.25) is 0 Å². The van der Waals surface area contributed by atoms with Crippen LogP contribution in [0.15, 0.2) is 48.6 Å². The van der Waals surface area contributed by atoms with Crippen LogP contribution in [-0.2, 0) is 32.4 Å². The van der Waals surface area contributed by atoms with E-state index in [0.29, 0.717) is 12.8 Å². The fourth-order valence-electron chi connectivity index (χ4n) is 5.29. The highest BCUT2D eigenvalue weighted by molar-refractivity contribution is 7.46. The summed E-state index contributed by atoms with van der Waals surface area (Å²) in [5.74, 6) is -0.409. The summed E-state index contributed by atoms with van der Waals surface area (Å²) in [5.41, 5.74) is 0. The van der Waals surface area contributed by atoms with Gasteiger partial charge in [-0.15, -0.1) is 0 Å². The number of ether oxygens (including phenoxy) is 2. The summed E-state index contributed by atoms with van der Waals surface area (Å²) in [7, 11) is -9.22. The number of carbonyl (C=O) groups excluding carboxylic acids is 1. The van der Waals surface area contributed by atoms with Gasteiger partial charge in [0.1, 0.15) is 18.8 Å². The van der Waals surface area contributed by atoms with Crippen LogP contribution in [0.4, 0.5) is 0 Å². The molecule has 0 bridgehead atoms. The molecule has 0 heterocycles. The van der Waals surface area contributed by atoms with Crippen LogP contribution in [-0.4, -0.2) is 85.8 Å². The molecule has 0 radical (unpaired) electrons. The zero-order valence-corrected chi connectivity index (χ0v) is 37.3. The van der Waals surface area contributed by atoms with Gasteiger partial charge >= 0.3 is 21.6 Å². The van der Waals surface area contributed by atoms with Gasteiger partial charge in [0, 0.05) is 6.42 Å². The minimum absolute atomic E-state index is 0.258. The van der Waals surface area contributed by atoms with Crippen molar-refractivity contribution in [3.63, 3.8) is 0 Å². The minimum atomic E-state index is -4.61. The molecule has 0 saturated heterocycles. The molecule has 16 heteroatoms. The molecule has 0 aliphatic heterocycles. The number of phosphoric acid groups is 2. The topological polar surface area (TPSA) is 230 Å². The highest BCUT2D eigenvalue weighted by Gasteiger charge is 2.19. The van der Waals surface area contributed by atoms with Crippen molar-refractivity contribution in [3.8, 4) is 0 Å². The Morgan fingerprint density at radius 2 is 0.879 bits per heavy atom. The Balaban J connectivity index is 0. The monoisotopic (exact) mass is 871 g/mol. The Hall–Kier alpha value is -1.51. The summed E-state index contributed by atoms with van der Waals surface area (Å²) < 4.78 is 39.2. The van der Waals surface area contributed by atoms with E-state index in [4.69, 9.17) is 29.0 Å². The predicted octanol–water partition coefficient (Wildman–Crippen LogP) is 9.42. The molecular weight excluding hydrogens is 790 g/mol. The number of rotatable bonds is 39. The quantitative estimate of drug-likeness (QED) is 0.0100. The Labute approximate surface area is 349 Å². The van der Waals surface area contributed by atoms with Crippen LogP contribution in [0.1, 0.15) is 168 Å². The zero-order valence-electron chi connectivity index (χ0n) is 35.5. The lowest BCUT2D eigenvalue weighted by molar-refractivity contribution is -0.147. The lowest BCUT2D eigenvalue weighted by Gasteiger charge is -2.15. The molecule has 0 aromatic carbocycles. The average Bonchev–Trinajstić information content (AvgIpc) is 3.17. The lowest BCUT2D eigenvalue weighted by Crippen LogP contribution is -2.25. The normalized spacial score (nSPS) is 14.1. The van der Waals surface area contributed by atoms with E-state index in [0.717, 1.165) is 51.4 Å². The molecule has 0 aromatic rings. The fourth-order valence-corrected chi connectivity index (χ4v) is 6.02. The third-order valence-electron chi connectivity index (χ3n) is 8.55. The first-order chi connectivity index (χ1) is 27.7. The first-order valence-electron chi connectivity index (χ1n) is 21.5. The number of aliphatic hydroxyl groups is 3. The second-order valence-corrected chi connectivity index (χ2v) is 16.8. The number of allylic oxidation sites excluding steroid dienone is 8. The molecular formula is C42H80O14P2. The highest BCUT2D eigenvalue weighted by Crippen LogP contribution is 2.36. The van der Waals surface area contributed by atoms with Crippen molar-refractivity contribution >= 4 is 21.6 Å². The van der Waals surface area contributed by atoms with Crippen LogP contribution in [0.25, 0.3) is 0 Å². The van der Waals surface area contributed by atoms with Crippen LogP contribution in [0.3, 0.4) is 0 Å². The van der Waals surface area contributed by atoms with Crippen molar-refractivity contribution < 1.29 is 67.3 Å². The molecule has 58 heavy (non-hydrogen) atoms. The maximum absolute atomic E-state index is 11.5. The molecule has 7 N–H and O–H groups in total. The highest BCUT2D eigenvalue weighted by atomic mass is 31.2. The van der Waals surface area contributed by atoms with Gasteiger partial charge in [-0.1, -0.05) is 152 Å². The van der Waals surface area contributed by atoms with Crippen molar-refractivity contribution in [1.82, 2.24) is 0 Å². The van der Waals surface area contributed by atoms with Crippen molar-refractivity contribution in [2.75, 3.05) is 26.4 Å². The second kappa shape index (κ2) is 42.2. The van der Waals surface area contributed by atoms with Crippen LogP contribution in [0, 0.1) is 0 Å². The average molecular weight is 871 g/mol. The van der Waals surface area contributed by atoms with E-state index in [1.807, 2.05) is 0 Å². The fraction of sp³-hybridized carbons (Fsp3) is 0.786. The smallest absolute Gasteiger partial charge is 0.463 e. The van der Waals surface area contributed by atoms with E-state index in [1.54, 1.807) is 0 Å². The van der Waals surface area contributed by atoms with Gasteiger partial charge in [-0.2, -0.15) is 0 Å². The van der Waals surface area contributed by atoms with E-state index in [-0.39, 0.29) is 13.2 Å². The number of aliphatic hydroxyl groups excluding tert-OH is 3. The summed E-state index contributed by atoms with van der Waals surface area (Å²) in [6.07, 6.45) is 39.9. The molecule has 0 aromatic heterocycles. The van der Waals surface area contributed by atoms with E-state index in [1.165, 1.54) is 89.9 Å². The van der Waals surface area contributed by atoms with Crippen molar-refractivity contribution in [1.29, 1.82) is 0 Å². The molecule has 0 aliphatic rings. The van der Waals surface area contributed by atoms with Crippen molar-refractivity contribution in [2.24, 2.45) is 0 Å². The van der Waals surface area contributed by atoms with Gasteiger partial charge < -0.3 is 44.4 Å². The van der Waals surface area contributed by atoms with Crippen LogP contribution < -0.4 is 0 Å². The lowest BCUT2D eigenvalue weighted by atomic mass is 10.0. The summed E-state index contributed by atoms with van der Waals surface area (Å²) in [4.78, 5) is 45.6. The van der Waals surface area contributed by atoms with Gasteiger partial charge in [0.15, 0.2) is 6.29 Å². The standard InChI is InChI=1S/C23H41O7P.C19H39O7P/c1-2-3-4-5-6-7-8-9-10-11-12-13-14-15-16-17-18-19-23(25)29-20-22(24)21-30-31(26,27)28;1-2-3-4-5-6-7-8-9-10-11-12-13-14-15-19(21)25-16-18(20)17-26-27(22,23)24/h6-7,9-10,12-13,15-16,22-25H,2-5,8,11,14,17-21H2,1H3,(H2,26,27,28);18,20H,2-17H2,1H3,(H2,22,23,24)/b7-6-,10-9-,13-12-,16-15-;/t22-,23+;18-/m11/s1. The maximum Gasteiger partial charge on any atom is 0.469 e. The number of hydrogen-bond acceptors (Lipinski definition) is 10. The second-order valence-electron chi connectivity index (χ2n) is 14.4. The molecule has 0 fully saturated rings. The molecule has 0 amide bonds. The molecule has 14 nitrogen and oxygen atoms in total. The van der Waals surface area contributed by atoms with Crippen molar-refractivity contribution in [2.45, 2.75) is 186 Å². The van der Waals surface area contributed by atoms with Gasteiger partial charge in [-0.3, -0.25) is 13.8 Å². The summed E-state index contributed by atoms with van der Waals surface area (Å²) in [6, 6.07) is 0. The Morgan fingerprint density at radius 3 is 1.33 bits per heavy atom. The molecule has 342 valence electrons. The first-order valence-corrected chi connectivity index (χ1v) is 24.6.